The summed E-state index contributed by atoms with van der Waals surface area (Å²) in [6.45, 7) is 6.74. The zero-order valence-corrected chi connectivity index (χ0v) is 13.0. The average Bonchev–Trinajstić information content (AvgIpc) is 3.04. The molecule has 3 unspecified atom stereocenters. The van der Waals surface area contributed by atoms with E-state index in [0.29, 0.717) is 0 Å². The molecule has 1 N–H and O–H groups in total. The fourth-order valence-corrected chi connectivity index (χ4v) is 4.18. The lowest BCUT2D eigenvalue weighted by Crippen LogP contribution is -2.29. The van der Waals surface area contributed by atoms with Gasteiger partial charge in [0.05, 0.1) is 0 Å². The first-order valence-electron chi connectivity index (χ1n) is 8.47. The molecule has 2 fully saturated rings. The summed E-state index contributed by atoms with van der Waals surface area (Å²) in [5, 5.41) is 3.51. The SMILES string of the molecule is CCNC(CCN1CC2CCCC2C1)c1cccc(F)c1. The molecule has 0 spiro atoms. The van der Waals surface area contributed by atoms with Gasteiger partial charge in [0, 0.05) is 19.1 Å². The predicted octanol–water partition coefficient (Wildman–Crippen LogP) is 3.60. The number of halogens is 1. The van der Waals surface area contributed by atoms with Crippen LogP contribution in [0, 0.1) is 17.7 Å². The number of rotatable bonds is 6. The van der Waals surface area contributed by atoms with Crippen LogP contribution < -0.4 is 5.32 Å². The van der Waals surface area contributed by atoms with Gasteiger partial charge >= 0.3 is 0 Å². The van der Waals surface area contributed by atoms with E-state index in [2.05, 4.69) is 17.1 Å². The zero-order valence-electron chi connectivity index (χ0n) is 13.0. The summed E-state index contributed by atoms with van der Waals surface area (Å²) >= 11 is 0. The van der Waals surface area contributed by atoms with E-state index in [-0.39, 0.29) is 11.9 Å². The van der Waals surface area contributed by atoms with Crippen LogP contribution in [0.2, 0.25) is 0 Å². The normalized spacial score (nSPS) is 27.0. The van der Waals surface area contributed by atoms with Crippen LogP contribution in [0.15, 0.2) is 24.3 Å². The summed E-state index contributed by atoms with van der Waals surface area (Å²) in [5.41, 5.74) is 1.08. The fraction of sp³-hybridized carbons (Fsp3) is 0.667. The Kier molecular flexibility index (Phi) is 4.91. The molecule has 3 rings (SSSR count). The molecule has 116 valence electrons. The molecule has 2 nitrogen and oxygen atoms in total. The van der Waals surface area contributed by atoms with E-state index in [1.807, 2.05) is 12.1 Å². The zero-order chi connectivity index (χ0) is 14.7. The van der Waals surface area contributed by atoms with E-state index >= 15 is 0 Å². The van der Waals surface area contributed by atoms with Gasteiger partial charge in [-0.25, -0.2) is 4.39 Å². The Morgan fingerprint density at radius 3 is 2.71 bits per heavy atom. The van der Waals surface area contributed by atoms with E-state index in [4.69, 9.17) is 0 Å². The van der Waals surface area contributed by atoms with Crippen molar-refractivity contribution in [3.05, 3.63) is 35.6 Å². The second-order valence-electron chi connectivity index (χ2n) is 6.66. The maximum atomic E-state index is 13.4. The summed E-state index contributed by atoms with van der Waals surface area (Å²) in [7, 11) is 0. The van der Waals surface area contributed by atoms with Gasteiger partial charge in [-0.2, -0.15) is 0 Å². The molecule has 0 aromatic heterocycles. The Hall–Kier alpha value is -0.930. The quantitative estimate of drug-likeness (QED) is 0.861. The van der Waals surface area contributed by atoms with Crippen LogP contribution in [0.5, 0.6) is 0 Å². The fourth-order valence-electron chi connectivity index (χ4n) is 4.18. The molecule has 0 radical (unpaired) electrons. The summed E-state index contributed by atoms with van der Waals surface area (Å²) in [6, 6.07) is 7.32. The molecule has 1 aromatic carbocycles. The molecule has 3 atom stereocenters. The first-order valence-corrected chi connectivity index (χ1v) is 8.47. The Balaban J connectivity index is 1.56. The summed E-state index contributed by atoms with van der Waals surface area (Å²) in [6.07, 6.45) is 5.37. The molecule has 2 aliphatic rings. The van der Waals surface area contributed by atoms with Gasteiger partial charge in [-0.05, 0) is 61.9 Å². The number of nitrogens with zero attached hydrogens (tertiary/aromatic N) is 1. The lowest BCUT2D eigenvalue weighted by Gasteiger charge is -2.23. The van der Waals surface area contributed by atoms with Gasteiger partial charge in [0.2, 0.25) is 0 Å². The van der Waals surface area contributed by atoms with Crippen molar-refractivity contribution in [3.63, 3.8) is 0 Å². The molecular weight excluding hydrogens is 263 g/mol. The molecule has 3 heteroatoms. The highest BCUT2D eigenvalue weighted by Crippen LogP contribution is 2.37. The summed E-state index contributed by atoms with van der Waals surface area (Å²) < 4.78 is 13.4. The lowest BCUT2D eigenvalue weighted by molar-refractivity contribution is 0.289. The largest absolute Gasteiger partial charge is 0.310 e. The maximum Gasteiger partial charge on any atom is 0.123 e. The van der Waals surface area contributed by atoms with Crippen molar-refractivity contribution in [1.82, 2.24) is 10.2 Å². The van der Waals surface area contributed by atoms with Crippen LogP contribution in [0.25, 0.3) is 0 Å². The van der Waals surface area contributed by atoms with Gasteiger partial charge in [0.1, 0.15) is 5.82 Å². The molecule has 1 aromatic rings. The minimum absolute atomic E-state index is 0.133. The second kappa shape index (κ2) is 6.89. The van der Waals surface area contributed by atoms with Crippen molar-refractivity contribution in [2.75, 3.05) is 26.2 Å². The smallest absolute Gasteiger partial charge is 0.123 e. The van der Waals surface area contributed by atoms with E-state index in [1.54, 1.807) is 6.07 Å². The topological polar surface area (TPSA) is 15.3 Å². The standard InChI is InChI=1S/C18H27FN2/c1-2-20-18(14-5-4-8-17(19)11-14)9-10-21-12-15-6-3-7-16(15)13-21/h4-5,8,11,15-16,18,20H,2-3,6-7,9-10,12-13H2,1H3. The second-order valence-corrected chi connectivity index (χ2v) is 6.66. The molecule has 1 saturated carbocycles. The number of fused-ring (bicyclic) bond motifs is 1. The van der Waals surface area contributed by atoms with Crippen LogP contribution in [0.3, 0.4) is 0 Å². The van der Waals surface area contributed by atoms with E-state index in [9.17, 15) is 4.39 Å². The third kappa shape index (κ3) is 3.64. The van der Waals surface area contributed by atoms with Gasteiger partial charge in [0.15, 0.2) is 0 Å². The molecule has 0 bridgehead atoms. The molecule has 1 aliphatic carbocycles. The van der Waals surface area contributed by atoms with Crippen molar-refractivity contribution in [2.24, 2.45) is 11.8 Å². The van der Waals surface area contributed by atoms with E-state index in [1.165, 1.54) is 38.4 Å². The van der Waals surface area contributed by atoms with Gasteiger partial charge < -0.3 is 10.2 Å². The van der Waals surface area contributed by atoms with Crippen LogP contribution in [-0.2, 0) is 0 Å². The Bertz CT molecular complexity index is 450. The van der Waals surface area contributed by atoms with Crippen LogP contribution in [-0.4, -0.2) is 31.1 Å². The monoisotopic (exact) mass is 290 g/mol. The lowest BCUT2D eigenvalue weighted by atomic mass is 10.0. The molecule has 0 amide bonds. The van der Waals surface area contributed by atoms with Crippen molar-refractivity contribution in [3.8, 4) is 0 Å². The number of benzene rings is 1. The first kappa shape index (κ1) is 15.0. The highest BCUT2D eigenvalue weighted by atomic mass is 19.1. The molecule has 1 aliphatic heterocycles. The third-order valence-electron chi connectivity index (χ3n) is 5.24. The number of hydrogen-bond acceptors (Lipinski definition) is 2. The van der Waals surface area contributed by atoms with E-state index in [0.717, 1.165) is 36.9 Å². The minimum Gasteiger partial charge on any atom is -0.310 e. The highest BCUT2D eigenvalue weighted by molar-refractivity contribution is 5.20. The number of likely N-dealkylation sites (tertiary alicyclic amines) is 1. The first-order chi connectivity index (χ1) is 10.3. The van der Waals surface area contributed by atoms with Gasteiger partial charge in [0.25, 0.3) is 0 Å². The Labute approximate surface area is 127 Å². The predicted molar refractivity (Wildman–Crippen MR) is 84.7 cm³/mol. The van der Waals surface area contributed by atoms with Gasteiger partial charge in [-0.3, -0.25) is 0 Å². The molecule has 1 heterocycles. The Morgan fingerprint density at radius 1 is 1.29 bits per heavy atom. The van der Waals surface area contributed by atoms with Gasteiger partial charge in [-0.15, -0.1) is 0 Å². The molecule has 21 heavy (non-hydrogen) atoms. The van der Waals surface area contributed by atoms with Crippen molar-refractivity contribution >= 4 is 0 Å². The van der Waals surface area contributed by atoms with Crippen LogP contribution >= 0.6 is 0 Å². The molecular formula is C18H27FN2. The van der Waals surface area contributed by atoms with Crippen LogP contribution in [0.1, 0.15) is 44.2 Å². The van der Waals surface area contributed by atoms with E-state index < -0.39 is 0 Å². The summed E-state index contributed by atoms with van der Waals surface area (Å²) in [4.78, 5) is 2.62. The Morgan fingerprint density at radius 2 is 2.05 bits per heavy atom. The number of nitrogens with one attached hydrogen (secondary N) is 1. The van der Waals surface area contributed by atoms with Crippen molar-refractivity contribution in [1.29, 1.82) is 0 Å². The third-order valence-corrected chi connectivity index (χ3v) is 5.24. The molecule has 1 saturated heterocycles. The minimum atomic E-state index is -0.133. The highest BCUT2D eigenvalue weighted by Gasteiger charge is 2.35. The summed E-state index contributed by atoms with van der Waals surface area (Å²) in [5.74, 6) is 1.78. The van der Waals surface area contributed by atoms with Crippen molar-refractivity contribution in [2.45, 2.75) is 38.6 Å². The van der Waals surface area contributed by atoms with Crippen LogP contribution in [0.4, 0.5) is 4.39 Å². The maximum absolute atomic E-state index is 13.4. The average molecular weight is 290 g/mol. The number of hydrogen-bond donors (Lipinski definition) is 1. The van der Waals surface area contributed by atoms with Gasteiger partial charge in [-0.1, -0.05) is 25.5 Å². The van der Waals surface area contributed by atoms with Crippen molar-refractivity contribution < 1.29 is 4.39 Å².